The molecule has 0 radical (unpaired) electrons. The van der Waals surface area contributed by atoms with E-state index in [2.05, 4.69) is 34.5 Å². The van der Waals surface area contributed by atoms with Gasteiger partial charge in [0.1, 0.15) is 5.60 Å². The molecule has 1 aromatic rings. The van der Waals surface area contributed by atoms with Crippen LogP contribution in [0.2, 0.25) is 0 Å². The Kier molecular flexibility index (Phi) is 5.46. The Labute approximate surface area is 209 Å². The van der Waals surface area contributed by atoms with E-state index >= 15 is 0 Å². The summed E-state index contributed by atoms with van der Waals surface area (Å²) >= 11 is 0. The molecule has 4 heterocycles. The Hall–Kier alpha value is -1.80. The number of hydrogen-bond acceptors (Lipinski definition) is 6. The zero-order valence-electron chi connectivity index (χ0n) is 22.3. The van der Waals surface area contributed by atoms with Crippen molar-refractivity contribution in [3.05, 3.63) is 11.8 Å². The van der Waals surface area contributed by atoms with Crippen LogP contribution < -0.4 is 4.90 Å². The normalized spacial score (nSPS) is 28.0. The molecule has 1 aromatic heterocycles. The molecule has 2 spiro atoms. The van der Waals surface area contributed by atoms with Gasteiger partial charge in [0.05, 0.1) is 25.3 Å². The van der Waals surface area contributed by atoms with Gasteiger partial charge in [0.2, 0.25) is 0 Å². The minimum absolute atomic E-state index is 0.172. The predicted molar refractivity (Wildman–Crippen MR) is 135 cm³/mol. The summed E-state index contributed by atoms with van der Waals surface area (Å²) < 4.78 is 13.3. The largest absolute Gasteiger partial charge is 0.444 e. The molecule has 0 N–H and O–H groups in total. The lowest BCUT2D eigenvalue weighted by Crippen LogP contribution is -2.64. The lowest BCUT2D eigenvalue weighted by Gasteiger charge is -2.58. The van der Waals surface area contributed by atoms with E-state index in [0.29, 0.717) is 18.1 Å². The SMILES string of the molecule is Cc1cc(N2CCC(N(C)C3COC3)CC23CCC3)nn1C1CC2(C1)CN(C(=O)OC(C)(C)C)C2. The first-order valence-electron chi connectivity index (χ1n) is 13.7. The first-order valence-corrected chi connectivity index (χ1v) is 13.7. The van der Waals surface area contributed by atoms with Crippen molar-refractivity contribution in [2.24, 2.45) is 5.41 Å². The topological polar surface area (TPSA) is 63.1 Å². The third-order valence-corrected chi connectivity index (χ3v) is 9.50. The number of likely N-dealkylation sites (tertiary alicyclic amines) is 1. The van der Waals surface area contributed by atoms with Gasteiger partial charge in [0, 0.05) is 48.4 Å². The molecule has 6 rings (SSSR count). The first-order chi connectivity index (χ1) is 16.6. The van der Waals surface area contributed by atoms with Crippen LogP contribution in [0.1, 0.15) is 77.5 Å². The van der Waals surface area contributed by atoms with Crippen molar-refractivity contribution in [2.45, 2.75) is 102 Å². The molecule has 5 aliphatic rings. The van der Waals surface area contributed by atoms with Crippen LogP contribution in [0.3, 0.4) is 0 Å². The molecule has 0 bridgehead atoms. The summed E-state index contributed by atoms with van der Waals surface area (Å²) in [6.45, 7) is 12.5. The van der Waals surface area contributed by atoms with Crippen LogP contribution in [-0.4, -0.2) is 88.8 Å². The molecule has 0 aromatic carbocycles. The molecule has 2 saturated carbocycles. The van der Waals surface area contributed by atoms with Crippen LogP contribution in [-0.2, 0) is 9.47 Å². The lowest BCUT2D eigenvalue weighted by molar-refractivity contribution is -0.0931. The molecule has 1 amide bonds. The monoisotopic (exact) mass is 485 g/mol. The van der Waals surface area contributed by atoms with E-state index in [1.807, 2.05) is 25.7 Å². The number of carbonyl (C=O) groups is 1. The van der Waals surface area contributed by atoms with Gasteiger partial charge >= 0.3 is 6.09 Å². The highest BCUT2D eigenvalue weighted by Crippen LogP contribution is 2.55. The zero-order valence-corrected chi connectivity index (χ0v) is 22.3. The maximum absolute atomic E-state index is 12.3. The molecular weight excluding hydrogens is 442 g/mol. The van der Waals surface area contributed by atoms with Crippen molar-refractivity contribution in [3.63, 3.8) is 0 Å². The van der Waals surface area contributed by atoms with Crippen molar-refractivity contribution < 1.29 is 14.3 Å². The minimum Gasteiger partial charge on any atom is -0.444 e. The molecule has 5 fully saturated rings. The van der Waals surface area contributed by atoms with E-state index in [9.17, 15) is 4.79 Å². The van der Waals surface area contributed by atoms with Crippen LogP contribution >= 0.6 is 0 Å². The number of aryl methyl sites for hydroxylation is 1. The minimum atomic E-state index is -0.433. The summed E-state index contributed by atoms with van der Waals surface area (Å²) in [5.74, 6) is 1.18. The average molecular weight is 486 g/mol. The van der Waals surface area contributed by atoms with Crippen LogP contribution in [0.15, 0.2) is 6.07 Å². The van der Waals surface area contributed by atoms with Gasteiger partial charge in [-0.05, 0) is 79.7 Å². The summed E-state index contributed by atoms with van der Waals surface area (Å²) in [5, 5.41) is 5.20. The molecule has 8 nitrogen and oxygen atoms in total. The maximum Gasteiger partial charge on any atom is 0.410 e. The molecule has 1 atom stereocenters. The maximum atomic E-state index is 12.3. The lowest BCUT2D eigenvalue weighted by atomic mass is 9.61. The van der Waals surface area contributed by atoms with Gasteiger partial charge in [0.15, 0.2) is 5.82 Å². The highest BCUT2D eigenvalue weighted by Gasteiger charge is 2.56. The van der Waals surface area contributed by atoms with E-state index in [0.717, 1.165) is 45.7 Å². The van der Waals surface area contributed by atoms with Crippen molar-refractivity contribution in [1.29, 1.82) is 0 Å². The molecule has 35 heavy (non-hydrogen) atoms. The third-order valence-electron chi connectivity index (χ3n) is 9.50. The molecule has 2 aliphatic carbocycles. The predicted octanol–water partition coefficient (Wildman–Crippen LogP) is 3.99. The molecule has 8 heteroatoms. The fourth-order valence-electron chi connectivity index (χ4n) is 7.25. The van der Waals surface area contributed by atoms with Crippen molar-refractivity contribution in [3.8, 4) is 0 Å². The van der Waals surface area contributed by atoms with Gasteiger partial charge in [-0.1, -0.05) is 0 Å². The highest BCUT2D eigenvalue weighted by atomic mass is 16.6. The zero-order chi connectivity index (χ0) is 24.6. The third kappa shape index (κ3) is 4.05. The number of aromatic nitrogens is 2. The number of carbonyl (C=O) groups excluding carboxylic acids is 1. The van der Waals surface area contributed by atoms with Gasteiger partial charge in [0.25, 0.3) is 0 Å². The van der Waals surface area contributed by atoms with E-state index in [1.54, 1.807) is 0 Å². The summed E-state index contributed by atoms with van der Waals surface area (Å²) in [5.41, 5.74) is 1.39. The van der Waals surface area contributed by atoms with Gasteiger partial charge in [-0.15, -0.1) is 0 Å². The molecular formula is C27H43N5O3. The van der Waals surface area contributed by atoms with Crippen molar-refractivity contribution in [1.82, 2.24) is 19.6 Å². The standard InChI is InChI=1S/C27H43N5O3/c1-19-11-23(31-10-7-20(14-27(31)8-6-9-27)29(5)22-15-34-16-22)28-32(19)21-12-26(13-21)17-30(18-26)24(33)35-25(2,3)4/h11,20-22H,6-10,12-18H2,1-5H3. The van der Waals surface area contributed by atoms with Crippen molar-refractivity contribution >= 4 is 11.9 Å². The van der Waals surface area contributed by atoms with E-state index in [4.69, 9.17) is 14.6 Å². The van der Waals surface area contributed by atoms with E-state index in [-0.39, 0.29) is 17.0 Å². The smallest absolute Gasteiger partial charge is 0.410 e. The second-order valence-electron chi connectivity index (χ2n) is 13.2. The molecule has 194 valence electrons. The summed E-state index contributed by atoms with van der Waals surface area (Å²) in [6.07, 6.45) is 8.40. The second-order valence-corrected chi connectivity index (χ2v) is 13.2. The number of nitrogens with zero attached hydrogens (tertiary/aromatic N) is 5. The van der Waals surface area contributed by atoms with Crippen molar-refractivity contribution in [2.75, 3.05) is 44.8 Å². The summed E-state index contributed by atoms with van der Waals surface area (Å²) in [7, 11) is 2.30. The Balaban J connectivity index is 1.08. The summed E-state index contributed by atoms with van der Waals surface area (Å²) in [6, 6.07) is 4.03. The number of amides is 1. The van der Waals surface area contributed by atoms with Gasteiger partial charge < -0.3 is 19.3 Å². The Bertz CT molecular complexity index is 962. The fourth-order valence-corrected chi connectivity index (χ4v) is 7.25. The van der Waals surface area contributed by atoms with Gasteiger partial charge in [-0.25, -0.2) is 4.79 Å². The Morgan fingerprint density at radius 1 is 1.17 bits per heavy atom. The van der Waals surface area contributed by atoms with E-state index in [1.165, 1.54) is 43.6 Å². The number of likely N-dealkylation sites (N-methyl/N-ethyl adjacent to an activating group) is 1. The van der Waals surface area contributed by atoms with E-state index < -0.39 is 5.60 Å². The second kappa shape index (κ2) is 8.10. The molecule has 3 aliphatic heterocycles. The van der Waals surface area contributed by atoms with Gasteiger partial charge in [-0.2, -0.15) is 5.10 Å². The van der Waals surface area contributed by atoms with Crippen LogP contribution in [0.4, 0.5) is 10.6 Å². The molecule has 1 unspecified atom stereocenters. The number of piperidine rings is 1. The van der Waals surface area contributed by atoms with Gasteiger partial charge in [-0.3, -0.25) is 9.58 Å². The first kappa shape index (κ1) is 23.6. The molecule has 3 saturated heterocycles. The summed E-state index contributed by atoms with van der Waals surface area (Å²) in [4.78, 5) is 19.5. The highest BCUT2D eigenvalue weighted by molar-refractivity contribution is 5.69. The fraction of sp³-hybridized carbons (Fsp3) is 0.852. The Morgan fingerprint density at radius 2 is 1.89 bits per heavy atom. The Morgan fingerprint density at radius 3 is 2.46 bits per heavy atom. The average Bonchev–Trinajstić information content (AvgIpc) is 3.02. The van der Waals surface area contributed by atoms with Crippen LogP contribution in [0, 0.1) is 12.3 Å². The van der Waals surface area contributed by atoms with Crippen LogP contribution in [0.5, 0.6) is 0 Å². The number of anilines is 1. The number of rotatable bonds is 4. The number of hydrogen-bond donors (Lipinski definition) is 0. The van der Waals surface area contributed by atoms with Crippen LogP contribution in [0.25, 0.3) is 0 Å². The number of ether oxygens (including phenoxy) is 2. The quantitative estimate of drug-likeness (QED) is 0.643.